The van der Waals surface area contributed by atoms with Crippen molar-refractivity contribution in [1.82, 2.24) is 0 Å². The number of benzene rings is 1. The van der Waals surface area contributed by atoms with Crippen molar-refractivity contribution in [3.8, 4) is 0 Å². The molecule has 1 aromatic carbocycles. The summed E-state index contributed by atoms with van der Waals surface area (Å²) in [5, 5.41) is 0. The summed E-state index contributed by atoms with van der Waals surface area (Å²) < 4.78 is 5.49. The maximum atomic E-state index is 5.49. The average molecular weight is 148 g/mol. The Bertz CT molecular complexity index is 255. The SMILES string of the molecule is C[C@H]1O[C@]1(C)c1ccccc1. The zero-order chi connectivity index (χ0) is 7.90. The topological polar surface area (TPSA) is 12.5 Å². The molecule has 1 heterocycles. The van der Waals surface area contributed by atoms with E-state index in [1.54, 1.807) is 0 Å². The van der Waals surface area contributed by atoms with Gasteiger partial charge in [0, 0.05) is 0 Å². The van der Waals surface area contributed by atoms with E-state index in [0.717, 1.165) is 0 Å². The summed E-state index contributed by atoms with van der Waals surface area (Å²) in [4.78, 5) is 0. The fourth-order valence-corrected chi connectivity index (χ4v) is 1.41. The number of hydrogen-bond donors (Lipinski definition) is 0. The molecule has 0 spiro atoms. The maximum Gasteiger partial charge on any atom is 0.117 e. The Morgan fingerprint density at radius 3 is 2.27 bits per heavy atom. The predicted molar refractivity (Wildman–Crippen MR) is 44.3 cm³/mol. The van der Waals surface area contributed by atoms with Crippen LogP contribution >= 0.6 is 0 Å². The van der Waals surface area contributed by atoms with Gasteiger partial charge in [-0.25, -0.2) is 0 Å². The van der Waals surface area contributed by atoms with Crippen molar-refractivity contribution in [2.24, 2.45) is 0 Å². The van der Waals surface area contributed by atoms with E-state index in [1.165, 1.54) is 5.56 Å². The van der Waals surface area contributed by atoms with E-state index in [4.69, 9.17) is 4.74 Å². The van der Waals surface area contributed by atoms with Crippen LogP contribution in [0.15, 0.2) is 30.3 Å². The molecule has 1 nitrogen and oxygen atoms in total. The Kier molecular flexibility index (Phi) is 1.30. The first kappa shape index (κ1) is 6.86. The van der Waals surface area contributed by atoms with Gasteiger partial charge in [-0.05, 0) is 19.4 Å². The molecule has 0 unspecified atom stereocenters. The summed E-state index contributed by atoms with van der Waals surface area (Å²) >= 11 is 0. The quantitative estimate of drug-likeness (QED) is 0.557. The minimum Gasteiger partial charge on any atom is -0.362 e. The molecule has 2 atom stereocenters. The largest absolute Gasteiger partial charge is 0.362 e. The smallest absolute Gasteiger partial charge is 0.117 e. The van der Waals surface area contributed by atoms with Gasteiger partial charge in [0.05, 0.1) is 6.10 Å². The van der Waals surface area contributed by atoms with Gasteiger partial charge in [0.25, 0.3) is 0 Å². The Morgan fingerprint density at radius 2 is 1.82 bits per heavy atom. The highest BCUT2D eigenvalue weighted by molar-refractivity contribution is 5.27. The van der Waals surface area contributed by atoms with Gasteiger partial charge in [-0.2, -0.15) is 0 Å². The molecule has 1 heteroatoms. The molecule has 0 aromatic heterocycles. The van der Waals surface area contributed by atoms with E-state index in [2.05, 4.69) is 38.1 Å². The first-order valence-electron chi connectivity index (χ1n) is 3.97. The van der Waals surface area contributed by atoms with Gasteiger partial charge >= 0.3 is 0 Å². The minimum absolute atomic E-state index is 0.00125. The number of hydrogen-bond acceptors (Lipinski definition) is 1. The fourth-order valence-electron chi connectivity index (χ4n) is 1.41. The highest BCUT2D eigenvalue weighted by Gasteiger charge is 2.49. The van der Waals surface area contributed by atoms with Crippen molar-refractivity contribution >= 4 is 0 Å². The second-order valence-electron chi connectivity index (χ2n) is 3.23. The standard InChI is InChI=1S/C10H12O/c1-8-10(2,11-8)9-6-4-3-5-7-9/h3-8H,1-2H3/t8-,10+/m1/s1. The van der Waals surface area contributed by atoms with Crippen LogP contribution in [-0.2, 0) is 10.3 Å². The second-order valence-corrected chi connectivity index (χ2v) is 3.23. The molecule has 1 aliphatic heterocycles. The predicted octanol–water partition coefficient (Wildman–Crippen LogP) is 2.32. The lowest BCUT2D eigenvalue weighted by Crippen LogP contribution is -2.04. The maximum absolute atomic E-state index is 5.49. The highest BCUT2D eigenvalue weighted by atomic mass is 16.6. The van der Waals surface area contributed by atoms with Crippen molar-refractivity contribution in [2.45, 2.75) is 25.6 Å². The molecule has 1 saturated heterocycles. The van der Waals surface area contributed by atoms with Crippen molar-refractivity contribution in [3.05, 3.63) is 35.9 Å². The van der Waals surface area contributed by atoms with Crippen molar-refractivity contribution in [1.29, 1.82) is 0 Å². The molecule has 0 amide bonds. The summed E-state index contributed by atoms with van der Waals surface area (Å²) in [6.45, 7) is 4.24. The number of epoxide rings is 1. The Hall–Kier alpha value is -0.820. The summed E-state index contributed by atoms with van der Waals surface area (Å²) in [5.41, 5.74) is 1.29. The van der Waals surface area contributed by atoms with Gasteiger partial charge in [0.2, 0.25) is 0 Å². The van der Waals surface area contributed by atoms with Gasteiger partial charge < -0.3 is 4.74 Å². The molecule has 1 aromatic rings. The fraction of sp³-hybridized carbons (Fsp3) is 0.400. The van der Waals surface area contributed by atoms with E-state index in [-0.39, 0.29) is 5.60 Å². The zero-order valence-electron chi connectivity index (χ0n) is 6.87. The van der Waals surface area contributed by atoms with Crippen LogP contribution in [0, 0.1) is 0 Å². The van der Waals surface area contributed by atoms with Gasteiger partial charge in [-0.3, -0.25) is 0 Å². The molecule has 0 radical (unpaired) electrons. The molecule has 2 rings (SSSR count). The van der Waals surface area contributed by atoms with Crippen LogP contribution in [-0.4, -0.2) is 6.10 Å². The van der Waals surface area contributed by atoms with E-state index in [1.807, 2.05) is 6.07 Å². The first-order valence-corrected chi connectivity index (χ1v) is 3.97. The summed E-state index contributed by atoms with van der Waals surface area (Å²) in [6.07, 6.45) is 0.380. The molecule has 0 bridgehead atoms. The van der Waals surface area contributed by atoms with Gasteiger partial charge in [-0.15, -0.1) is 0 Å². The highest BCUT2D eigenvalue weighted by Crippen LogP contribution is 2.45. The summed E-state index contributed by atoms with van der Waals surface area (Å²) in [5.74, 6) is 0. The van der Waals surface area contributed by atoms with Gasteiger partial charge in [-0.1, -0.05) is 30.3 Å². The lowest BCUT2D eigenvalue weighted by Gasteiger charge is -2.03. The average Bonchev–Trinajstić information content (AvgIpc) is 2.64. The van der Waals surface area contributed by atoms with E-state index >= 15 is 0 Å². The second kappa shape index (κ2) is 2.08. The molecule has 0 saturated carbocycles. The lowest BCUT2D eigenvalue weighted by atomic mass is 9.98. The number of rotatable bonds is 1. The van der Waals surface area contributed by atoms with E-state index in [9.17, 15) is 0 Å². The normalized spacial score (nSPS) is 35.3. The van der Waals surface area contributed by atoms with Crippen LogP contribution in [0.2, 0.25) is 0 Å². The molecule has 0 N–H and O–H groups in total. The van der Waals surface area contributed by atoms with Crippen LogP contribution in [0.1, 0.15) is 19.4 Å². The molecular weight excluding hydrogens is 136 g/mol. The molecule has 0 aliphatic carbocycles. The van der Waals surface area contributed by atoms with Gasteiger partial charge in [0.1, 0.15) is 5.60 Å². The Balaban J connectivity index is 2.32. The summed E-state index contributed by atoms with van der Waals surface area (Å²) in [7, 11) is 0. The summed E-state index contributed by atoms with van der Waals surface area (Å²) in [6, 6.07) is 10.4. The molecule has 1 fully saturated rings. The van der Waals surface area contributed by atoms with Crippen LogP contribution < -0.4 is 0 Å². The van der Waals surface area contributed by atoms with Gasteiger partial charge in [0.15, 0.2) is 0 Å². The van der Waals surface area contributed by atoms with Crippen LogP contribution in [0.4, 0.5) is 0 Å². The molecule has 1 aliphatic rings. The molecular formula is C10H12O. The first-order chi connectivity index (χ1) is 5.23. The lowest BCUT2D eigenvalue weighted by molar-refractivity contribution is 0.316. The van der Waals surface area contributed by atoms with E-state index in [0.29, 0.717) is 6.10 Å². The Labute approximate surface area is 67.0 Å². The van der Waals surface area contributed by atoms with Crippen molar-refractivity contribution < 1.29 is 4.74 Å². The van der Waals surface area contributed by atoms with E-state index < -0.39 is 0 Å². The molecule has 58 valence electrons. The Morgan fingerprint density at radius 1 is 1.27 bits per heavy atom. The number of ether oxygens (including phenoxy) is 1. The third kappa shape index (κ3) is 0.962. The zero-order valence-corrected chi connectivity index (χ0v) is 6.87. The van der Waals surface area contributed by atoms with Crippen LogP contribution in [0.5, 0.6) is 0 Å². The minimum atomic E-state index is 0.00125. The molecule has 11 heavy (non-hydrogen) atoms. The van der Waals surface area contributed by atoms with Crippen molar-refractivity contribution in [2.75, 3.05) is 0 Å². The van der Waals surface area contributed by atoms with Crippen LogP contribution in [0.25, 0.3) is 0 Å². The van der Waals surface area contributed by atoms with Crippen molar-refractivity contribution in [3.63, 3.8) is 0 Å². The third-order valence-corrected chi connectivity index (χ3v) is 2.49. The third-order valence-electron chi connectivity index (χ3n) is 2.49. The van der Waals surface area contributed by atoms with Crippen LogP contribution in [0.3, 0.4) is 0 Å². The monoisotopic (exact) mass is 148 g/mol.